The van der Waals surface area contributed by atoms with Crippen molar-refractivity contribution in [1.29, 1.82) is 0 Å². The molecule has 1 aromatic carbocycles. The van der Waals surface area contributed by atoms with E-state index in [1.807, 2.05) is 0 Å². The molecule has 0 radical (unpaired) electrons. The summed E-state index contributed by atoms with van der Waals surface area (Å²) in [4.78, 5) is 39.9. The lowest BCUT2D eigenvalue weighted by atomic mass is 9.53. The number of aromatic hydroxyl groups is 1. The number of carbonyl (C=O) groups is 3. The second-order valence-electron chi connectivity index (χ2n) is 9.06. The van der Waals surface area contributed by atoms with Gasteiger partial charge in [0.1, 0.15) is 22.8 Å². The number of likely N-dealkylation sites (N-methyl/N-ethyl adjacent to an activating group) is 1. The van der Waals surface area contributed by atoms with Crippen LogP contribution in [0, 0.1) is 11.8 Å². The first-order valence-electron chi connectivity index (χ1n) is 10.1. The van der Waals surface area contributed by atoms with E-state index in [-0.39, 0.29) is 11.1 Å². The first-order valence-corrected chi connectivity index (χ1v) is 10.1. The Kier molecular flexibility index (Phi) is 4.78. The summed E-state index contributed by atoms with van der Waals surface area (Å²) in [5.41, 5.74) is -1.78. The van der Waals surface area contributed by atoms with Crippen LogP contribution in [0.2, 0.25) is 0 Å². The molecule has 1 saturated carbocycles. The Bertz CT molecular complexity index is 1180. The Balaban J connectivity index is 2.11. The molecule has 6 atom stereocenters. The Labute approximate surface area is 187 Å². The third kappa shape index (κ3) is 2.61. The summed E-state index contributed by atoms with van der Waals surface area (Å²) in [6, 6.07) is 2.50. The van der Waals surface area contributed by atoms with E-state index in [1.54, 1.807) is 0 Å². The third-order valence-electron chi connectivity index (χ3n) is 7.03. The van der Waals surface area contributed by atoms with Gasteiger partial charge in [0.15, 0.2) is 11.4 Å². The highest BCUT2D eigenvalue weighted by molar-refractivity contribution is 6.24. The molecule has 3 aliphatic carbocycles. The average molecular weight is 460 g/mol. The number of aliphatic hydroxyl groups excluding tert-OH is 3. The average Bonchev–Trinajstić information content (AvgIpc) is 2.70. The second kappa shape index (κ2) is 6.87. The Hall–Kier alpha value is -3.25. The highest BCUT2D eigenvalue weighted by atomic mass is 16.4. The molecule has 1 aromatic rings. The molecule has 0 bridgehead atoms. The first kappa shape index (κ1) is 22.9. The van der Waals surface area contributed by atoms with Crippen molar-refractivity contribution in [1.82, 2.24) is 4.90 Å². The summed E-state index contributed by atoms with van der Waals surface area (Å²) in [6.07, 6.45) is -1.87. The fourth-order valence-corrected chi connectivity index (χ4v) is 5.60. The van der Waals surface area contributed by atoms with Crippen molar-refractivity contribution in [3.63, 3.8) is 0 Å². The van der Waals surface area contributed by atoms with Gasteiger partial charge in [-0.05, 0) is 32.6 Å². The maximum atomic E-state index is 13.7. The number of benzene rings is 1. The van der Waals surface area contributed by atoms with Crippen LogP contribution in [0.5, 0.6) is 5.75 Å². The van der Waals surface area contributed by atoms with Crippen molar-refractivity contribution in [3.8, 4) is 5.75 Å². The zero-order valence-corrected chi connectivity index (χ0v) is 18.0. The number of phenols is 1. The van der Waals surface area contributed by atoms with Gasteiger partial charge in [-0.3, -0.25) is 19.3 Å². The highest BCUT2D eigenvalue weighted by Crippen LogP contribution is 2.57. The molecule has 0 aromatic heterocycles. The number of aliphatic hydroxyl groups is 5. The molecule has 33 heavy (non-hydrogen) atoms. The topological polar surface area (TPSA) is 202 Å². The van der Waals surface area contributed by atoms with Gasteiger partial charge in [0.05, 0.1) is 40.7 Å². The van der Waals surface area contributed by atoms with Crippen molar-refractivity contribution in [3.05, 3.63) is 46.2 Å². The molecule has 3 aliphatic rings. The zero-order valence-electron chi connectivity index (χ0n) is 18.0. The molecule has 11 nitrogen and oxygen atoms in total. The molecule has 0 saturated heterocycles. The van der Waals surface area contributed by atoms with E-state index in [0.29, 0.717) is 0 Å². The van der Waals surface area contributed by atoms with Gasteiger partial charge in [-0.15, -0.1) is 0 Å². The molecule has 0 aliphatic heterocycles. The number of Topliss-reactive ketones (excluding diaryl/α,β-unsaturated/α-hetero) is 2. The molecular weight excluding hydrogens is 436 g/mol. The van der Waals surface area contributed by atoms with Crippen LogP contribution in [0.15, 0.2) is 35.1 Å². The van der Waals surface area contributed by atoms with Crippen molar-refractivity contribution in [2.45, 2.75) is 30.3 Å². The van der Waals surface area contributed by atoms with E-state index in [9.17, 15) is 45.0 Å². The number of nitrogens with two attached hydrogens (primary N) is 1. The van der Waals surface area contributed by atoms with Crippen LogP contribution >= 0.6 is 0 Å². The molecule has 4 rings (SSSR count). The Morgan fingerprint density at radius 2 is 1.73 bits per heavy atom. The Morgan fingerprint density at radius 3 is 2.27 bits per heavy atom. The molecule has 11 heteroatoms. The van der Waals surface area contributed by atoms with E-state index in [4.69, 9.17) is 5.73 Å². The maximum absolute atomic E-state index is 13.7. The summed E-state index contributed by atoms with van der Waals surface area (Å²) < 4.78 is 0. The molecule has 0 unspecified atom stereocenters. The van der Waals surface area contributed by atoms with Crippen LogP contribution in [0.3, 0.4) is 0 Å². The largest absolute Gasteiger partial charge is 0.508 e. The zero-order chi connectivity index (χ0) is 24.8. The first-order chi connectivity index (χ1) is 15.2. The molecule has 8 N–H and O–H groups in total. The van der Waals surface area contributed by atoms with Crippen LogP contribution in [0.1, 0.15) is 18.1 Å². The predicted octanol–water partition coefficient (Wildman–Crippen LogP) is -1.40. The number of hydrogen-bond donors (Lipinski definition) is 7. The van der Waals surface area contributed by atoms with Crippen LogP contribution in [-0.4, -0.2) is 84.9 Å². The summed E-state index contributed by atoms with van der Waals surface area (Å²) in [5, 5.41) is 66.3. The van der Waals surface area contributed by atoms with Crippen molar-refractivity contribution >= 4 is 23.2 Å². The number of rotatable bonds is 2. The smallest absolute Gasteiger partial charge is 0.255 e. The monoisotopic (exact) mass is 460 g/mol. The van der Waals surface area contributed by atoms with Gasteiger partial charge in [0, 0.05) is 0 Å². The lowest BCUT2D eigenvalue weighted by Crippen LogP contribution is -2.71. The van der Waals surface area contributed by atoms with Gasteiger partial charge < -0.3 is 36.4 Å². The number of nitrogens with zero attached hydrogens (tertiary/aromatic N) is 1. The van der Waals surface area contributed by atoms with E-state index >= 15 is 0 Å². The number of phenolic OH excluding ortho intramolecular Hbond substituents is 1. The van der Waals surface area contributed by atoms with Gasteiger partial charge in [-0.25, -0.2) is 0 Å². The lowest BCUT2D eigenvalue weighted by molar-refractivity contribution is -0.181. The number of amides is 1. The molecule has 1 amide bonds. The third-order valence-corrected chi connectivity index (χ3v) is 7.03. The Morgan fingerprint density at radius 1 is 1.12 bits per heavy atom. The minimum Gasteiger partial charge on any atom is -0.508 e. The molecule has 0 spiro atoms. The summed E-state index contributed by atoms with van der Waals surface area (Å²) in [5.74, 6) is -9.67. The lowest BCUT2D eigenvalue weighted by Gasteiger charge is -2.55. The molecule has 0 heterocycles. The van der Waals surface area contributed by atoms with Gasteiger partial charge in [-0.1, -0.05) is 12.1 Å². The van der Waals surface area contributed by atoms with Crippen molar-refractivity contribution in [2.24, 2.45) is 17.6 Å². The number of hydrogen-bond acceptors (Lipinski definition) is 10. The van der Waals surface area contributed by atoms with E-state index < -0.39 is 81.1 Å². The van der Waals surface area contributed by atoms with Crippen molar-refractivity contribution in [2.75, 3.05) is 14.1 Å². The summed E-state index contributed by atoms with van der Waals surface area (Å²) in [7, 11) is 2.80. The number of primary amides is 1. The van der Waals surface area contributed by atoms with Gasteiger partial charge >= 0.3 is 0 Å². The summed E-state index contributed by atoms with van der Waals surface area (Å²) in [6.45, 7) is 1.25. The molecule has 1 fully saturated rings. The van der Waals surface area contributed by atoms with Crippen LogP contribution < -0.4 is 5.73 Å². The number of fused-ring (bicyclic) bond motifs is 3. The molecular formula is C22H24N2O9. The minimum atomic E-state index is -3.02. The van der Waals surface area contributed by atoms with E-state index in [0.717, 1.165) is 0 Å². The summed E-state index contributed by atoms with van der Waals surface area (Å²) >= 11 is 0. The highest BCUT2D eigenvalue weighted by Gasteiger charge is 2.70. The van der Waals surface area contributed by atoms with Crippen LogP contribution in [0.4, 0.5) is 0 Å². The van der Waals surface area contributed by atoms with Crippen LogP contribution in [0.25, 0.3) is 5.76 Å². The van der Waals surface area contributed by atoms with E-state index in [1.165, 1.54) is 44.1 Å². The predicted molar refractivity (Wildman–Crippen MR) is 112 cm³/mol. The standard InChI is InChI=1S/C22H24N2O9/c1-21(32)7-5-4-6-8(25)9(7)15(26)10-12(21)17(28)13-14(24(2)3)16(27)11(20(23)31)19(30)22(13,33)18(10)29/h4-6,12-14,17,25-26,28,30,32-33H,1-3H3,(H2,23,31)/t12-,13-,14+,17-,21-,22-/m0/s1. The minimum absolute atomic E-state index is 0.00664. The van der Waals surface area contributed by atoms with E-state index in [2.05, 4.69) is 0 Å². The fourth-order valence-electron chi connectivity index (χ4n) is 5.60. The normalized spacial score (nSPS) is 36.0. The number of carbonyl (C=O) groups excluding carboxylic acids is 3. The second-order valence-corrected chi connectivity index (χ2v) is 9.06. The SMILES string of the molecule is CN(C)[C@H]1C(=O)C(C(N)=O)=C(O)[C@@]2(O)C(=O)C3=C(O)c4c(O)cccc4[C@](C)(O)[C@@H]3[C@H](O)[C@H]12. The van der Waals surface area contributed by atoms with Gasteiger partial charge in [0.25, 0.3) is 5.91 Å². The van der Waals surface area contributed by atoms with Gasteiger partial charge in [-0.2, -0.15) is 0 Å². The van der Waals surface area contributed by atoms with Crippen LogP contribution in [-0.2, 0) is 20.0 Å². The quantitative estimate of drug-likeness (QED) is 0.257. The molecule has 176 valence electrons. The fraction of sp³-hybridized carbons (Fsp3) is 0.409. The number of ketones is 2. The van der Waals surface area contributed by atoms with Gasteiger partial charge in [0.2, 0.25) is 5.78 Å². The maximum Gasteiger partial charge on any atom is 0.255 e. The van der Waals surface area contributed by atoms with Crippen molar-refractivity contribution < 1.29 is 45.0 Å².